The number of hydrogen-bond donors (Lipinski definition) is 1. The van der Waals surface area contributed by atoms with Crippen molar-refractivity contribution in [1.29, 1.82) is 0 Å². The largest absolute Gasteiger partial charge is 0.485 e. The fourth-order valence-corrected chi connectivity index (χ4v) is 2.43. The smallest absolute Gasteiger partial charge is 0.271 e. The van der Waals surface area contributed by atoms with Gasteiger partial charge in [0.25, 0.3) is 5.91 Å². The summed E-state index contributed by atoms with van der Waals surface area (Å²) in [6, 6.07) is 18.5. The summed E-state index contributed by atoms with van der Waals surface area (Å²) < 4.78 is 16.4. The van der Waals surface area contributed by atoms with Crippen molar-refractivity contribution in [2.75, 3.05) is 11.9 Å². The van der Waals surface area contributed by atoms with Crippen LogP contribution in [0.2, 0.25) is 0 Å². The zero-order chi connectivity index (χ0) is 16.4. The number of benzene rings is 2. The van der Waals surface area contributed by atoms with Crippen molar-refractivity contribution < 1.29 is 18.8 Å². The molecule has 0 aliphatic carbocycles. The average Bonchev–Trinajstić information content (AvgIpc) is 3.10. The van der Waals surface area contributed by atoms with Crippen molar-refractivity contribution in [3.05, 3.63) is 60.7 Å². The van der Waals surface area contributed by atoms with Crippen molar-refractivity contribution >= 4 is 11.8 Å². The third-order valence-electron chi connectivity index (χ3n) is 3.63. The summed E-state index contributed by atoms with van der Waals surface area (Å²) in [6.45, 7) is 0.141. The summed E-state index contributed by atoms with van der Waals surface area (Å²) in [5.74, 6) is 1.10. The number of rotatable bonds is 3. The van der Waals surface area contributed by atoms with Gasteiger partial charge >= 0.3 is 0 Å². The third-order valence-corrected chi connectivity index (χ3v) is 3.63. The molecule has 0 spiro atoms. The van der Waals surface area contributed by atoms with Gasteiger partial charge in [-0.25, -0.2) is 0 Å². The topological polar surface area (TPSA) is 73.6 Å². The van der Waals surface area contributed by atoms with Gasteiger partial charge in [-0.2, -0.15) is 0 Å². The Morgan fingerprint density at radius 3 is 2.62 bits per heavy atom. The van der Waals surface area contributed by atoms with E-state index >= 15 is 0 Å². The number of amides is 1. The first-order chi connectivity index (χ1) is 11.8. The standard InChI is InChI=1S/C18H14N2O4/c21-18(16-11-22-14-8-4-5-9-15(14)23-16)19-17-10-13(20-24-17)12-6-2-1-3-7-12/h1-10,16H,11H2,(H,19,21)/t16-/m1/s1. The Balaban J connectivity index is 1.45. The Kier molecular flexibility index (Phi) is 3.63. The van der Waals surface area contributed by atoms with E-state index in [2.05, 4.69) is 10.5 Å². The highest BCUT2D eigenvalue weighted by molar-refractivity contribution is 5.94. The van der Waals surface area contributed by atoms with Crippen LogP contribution in [0, 0.1) is 0 Å². The normalized spacial score (nSPS) is 15.8. The first-order valence-electron chi connectivity index (χ1n) is 7.51. The quantitative estimate of drug-likeness (QED) is 0.802. The first-order valence-corrected chi connectivity index (χ1v) is 7.51. The molecule has 6 nitrogen and oxygen atoms in total. The number of fused-ring (bicyclic) bond motifs is 1. The van der Waals surface area contributed by atoms with E-state index in [9.17, 15) is 4.79 Å². The second kappa shape index (κ2) is 6.08. The molecule has 0 bridgehead atoms. The minimum Gasteiger partial charge on any atom is -0.485 e. The number of carbonyl (C=O) groups excluding carboxylic acids is 1. The minimum absolute atomic E-state index is 0.141. The summed E-state index contributed by atoms with van der Waals surface area (Å²) in [5, 5.41) is 6.62. The lowest BCUT2D eigenvalue weighted by molar-refractivity contribution is -0.125. The van der Waals surface area contributed by atoms with Crippen molar-refractivity contribution in [3.8, 4) is 22.8 Å². The van der Waals surface area contributed by atoms with E-state index < -0.39 is 6.10 Å². The molecular weight excluding hydrogens is 308 g/mol. The first kappa shape index (κ1) is 14.3. The molecule has 1 amide bonds. The maximum atomic E-state index is 12.3. The van der Waals surface area contributed by atoms with Crippen molar-refractivity contribution in [1.82, 2.24) is 5.16 Å². The van der Waals surface area contributed by atoms with Crippen LogP contribution in [-0.4, -0.2) is 23.8 Å². The Bertz CT molecular complexity index is 860. The number of anilines is 1. The van der Waals surface area contributed by atoms with Crippen LogP contribution in [0.3, 0.4) is 0 Å². The lowest BCUT2D eigenvalue weighted by atomic mass is 10.1. The second-order valence-electron chi connectivity index (χ2n) is 5.30. The van der Waals surface area contributed by atoms with Gasteiger partial charge in [0, 0.05) is 11.6 Å². The van der Waals surface area contributed by atoms with E-state index in [1.807, 2.05) is 42.5 Å². The molecule has 3 aromatic rings. The van der Waals surface area contributed by atoms with Gasteiger partial charge in [-0.05, 0) is 12.1 Å². The number of hydrogen-bond acceptors (Lipinski definition) is 5. The van der Waals surface area contributed by atoms with Crippen molar-refractivity contribution in [2.24, 2.45) is 0 Å². The Labute approximate surface area is 138 Å². The molecule has 0 unspecified atom stereocenters. The SMILES string of the molecule is O=C(Nc1cc(-c2ccccc2)no1)[C@H]1COc2ccccc2O1. The molecule has 6 heteroatoms. The lowest BCUT2D eigenvalue weighted by Crippen LogP contribution is -2.40. The van der Waals surface area contributed by atoms with E-state index in [-0.39, 0.29) is 18.4 Å². The minimum atomic E-state index is -0.745. The van der Waals surface area contributed by atoms with Crippen LogP contribution in [0.15, 0.2) is 65.2 Å². The van der Waals surface area contributed by atoms with Gasteiger partial charge in [0.1, 0.15) is 12.3 Å². The molecule has 1 aromatic heterocycles. The highest BCUT2D eigenvalue weighted by Crippen LogP contribution is 2.31. The molecule has 1 aliphatic rings. The molecule has 1 atom stereocenters. The summed E-state index contributed by atoms with van der Waals surface area (Å²) in [7, 11) is 0. The van der Waals surface area contributed by atoms with Crippen LogP contribution < -0.4 is 14.8 Å². The van der Waals surface area contributed by atoms with Crippen LogP contribution >= 0.6 is 0 Å². The summed E-state index contributed by atoms with van der Waals surface area (Å²) in [6.07, 6.45) is -0.745. The Morgan fingerprint density at radius 1 is 1.04 bits per heavy atom. The van der Waals surface area contributed by atoms with Gasteiger partial charge in [0.15, 0.2) is 11.5 Å². The molecule has 2 heterocycles. The molecular formula is C18H14N2O4. The molecule has 120 valence electrons. The van der Waals surface area contributed by atoms with E-state index in [0.29, 0.717) is 17.2 Å². The van der Waals surface area contributed by atoms with Crippen LogP contribution in [0.5, 0.6) is 11.5 Å². The average molecular weight is 322 g/mol. The van der Waals surface area contributed by atoms with Gasteiger partial charge in [-0.1, -0.05) is 47.6 Å². The highest BCUT2D eigenvalue weighted by atomic mass is 16.6. The van der Waals surface area contributed by atoms with Crippen LogP contribution in [-0.2, 0) is 4.79 Å². The molecule has 0 radical (unpaired) electrons. The molecule has 0 fully saturated rings. The van der Waals surface area contributed by atoms with E-state index in [1.165, 1.54) is 0 Å². The van der Waals surface area contributed by atoms with E-state index in [4.69, 9.17) is 14.0 Å². The van der Waals surface area contributed by atoms with Crippen molar-refractivity contribution in [2.45, 2.75) is 6.10 Å². The maximum Gasteiger partial charge on any atom is 0.271 e. The molecule has 1 aliphatic heterocycles. The molecule has 0 saturated heterocycles. The van der Waals surface area contributed by atoms with Gasteiger partial charge < -0.3 is 14.0 Å². The predicted molar refractivity (Wildman–Crippen MR) is 86.9 cm³/mol. The lowest BCUT2D eigenvalue weighted by Gasteiger charge is -2.25. The zero-order valence-corrected chi connectivity index (χ0v) is 12.6. The Morgan fingerprint density at radius 2 is 1.79 bits per heavy atom. The number of para-hydroxylation sites is 2. The second-order valence-corrected chi connectivity index (χ2v) is 5.30. The van der Waals surface area contributed by atoms with Gasteiger partial charge in [-0.3, -0.25) is 10.1 Å². The molecule has 2 aromatic carbocycles. The molecule has 0 saturated carbocycles. The summed E-state index contributed by atoms with van der Waals surface area (Å²) >= 11 is 0. The number of nitrogens with one attached hydrogen (secondary N) is 1. The molecule has 24 heavy (non-hydrogen) atoms. The number of nitrogens with zero attached hydrogens (tertiary/aromatic N) is 1. The number of carbonyl (C=O) groups is 1. The van der Waals surface area contributed by atoms with Crippen LogP contribution in [0.25, 0.3) is 11.3 Å². The number of aromatic nitrogens is 1. The fourth-order valence-electron chi connectivity index (χ4n) is 2.43. The van der Waals surface area contributed by atoms with Crippen LogP contribution in [0.4, 0.5) is 5.88 Å². The summed E-state index contributed by atoms with van der Waals surface area (Å²) in [5.41, 5.74) is 1.56. The monoisotopic (exact) mass is 322 g/mol. The Hall–Kier alpha value is -3.28. The molecule has 4 rings (SSSR count). The number of ether oxygens (including phenoxy) is 2. The van der Waals surface area contributed by atoms with Gasteiger partial charge in [0.2, 0.25) is 12.0 Å². The van der Waals surface area contributed by atoms with E-state index in [1.54, 1.807) is 18.2 Å². The third kappa shape index (κ3) is 2.81. The maximum absolute atomic E-state index is 12.3. The zero-order valence-electron chi connectivity index (χ0n) is 12.6. The molecule has 1 N–H and O–H groups in total. The van der Waals surface area contributed by atoms with Crippen molar-refractivity contribution in [3.63, 3.8) is 0 Å². The van der Waals surface area contributed by atoms with E-state index in [0.717, 1.165) is 5.56 Å². The fraction of sp³-hybridized carbons (Fsp3) is 0.111. The predicted octanol–water partition coefficient (Wildman–Crippen LogP) is 3.12. The summed E-state index contributed by atoms with van der Waals surface area (Å²) in [4.78, 5) is 12.3. The van der Waals surface area contributed by atoms with Gasteiger partial charge in [-0.15, -0.1) is 0 Å². The highest BCUT2D eigenvalue weighted by Gasteiger charge is 2.28. The van der Waals surface area contributed by atoms with Crippen LogP contribution in [0.1, 0.15) is 0 Å². The van der Waals surface area contributed by atoms with Gasteiger partial charge in [0.05, 0.1) is 0 Å².